The lowest BCUT2D eigenvalue weighted by Crippen LogP contribution is -2.43. The third-order valence-corrected chi connectivity index (χ3v) is 3.84. The normalized spacial score (nSPS) is 20.4. The van der Waals surface area contributed by atoms with Crippen LogP contribution in [0.25, 0.3) is 0 Å². The van der Waals surface area contributed by atoms with Gasteiger partial charge >= 0.3 is 0 Å². The molecular weight excluding hydrogens is 196 g/mol. The summed E-state index contributed by atoms with van der Waals surface area (Å²) in [6, 6.07) is 1.31. The monoisotopic (exact) mass is 226 g/mol. The van der Waals surface area contributed by atoms with E-state index in [1.54, 1.807) is 0 Å². The average Bonchev–Trinajstić information content (AvgIpc) is 3.05. The number of hydrogen-bond donors (Lipinski definition) is 1. The lowest BCUT2D eigenvalue weighted by atomic mass is 10.0. The van der Waals surface area contributed by atoms with E-state index in [9.17, 15) is 0 Å². The Hall–Kier alpha value is -0.0800. The van der Waals surface area contributed by atoms with Gasteiger partial charge in [0.2, 0.25) is 0 Å². The smallest absolute Gasteiger partial charge is 0.0105 e. The van der Waals surface area contributed by atoms with Crippen molar-refractivity contribution in [2.75, 3.05) is 19.6 Å². The molecule has 1 rings (SSSR count). The summed E-state index contributed by atoms with van der Waals surface area (Å²) in [6.07, 6.45) is 2.92. The van der Waals surface area contributed by atoms with Crippen molar-refractivity contribution in [2.24, 2.45) is 11.8 Å². The van der Waals surface area contributed by atoms with Crippen molar-refractivity contribution in [1.29, 1.82) is 0 Å². The van der Waals surface area contributed by atoms with Gasteiger partial charge in [0.25, 0.3) is 0 Å². The van der Waals surface area contributed by atoms with Gasteiger partial charge in [-0.05, 0) is 44.7 Å². The predicted octanol–water partition coefficient (Wildman–Crippen LogP) is 2.74. The highest BCUT2D eigenvalue weighted by Crippen LogP contribution is 2.30. The standard InChI is InChI=1S/C14H30N2/c1-6-16(10-14-7-8-14)13(5)12(4)9-15-11(2)3/h11-15H,6-10H2,1-5H3. The molecule has 1 saturated carbocycles. The average molecular weight is 226 g/mol. The Morgan fingerprint density at radius 2 is 1.81 bits per heavy atom. The van der Waals surface area contributed by atoms with E-state index in [1.165, 1.54) is 25.9 Å². The summed E-state index contributed by atoms with van der Waals surface area (Å²) in [5.74, 6) is 1.74. The van der Waals surface area contributed by atoms with Crippen LogP contribution in [0.3, 0.4) is 0 Å². The molecule has 0 heterocycles. The maximum Gasteiger partial charge on any atom is 0.0105 e. The second kappa shape index (κ2) is 6.61. The SMILES string of the molecule is CCN(CC1CC1)C(C)C(C)CNC(C)C. The van der Waals surface area contributed by atoms with E-state index in [2.05, 4.69) is 44.8 Å². The van der Waals surface area contributed by atoms with E-state index >= 15 is 0 Å². The quantitative estimate of drug-likeness (QED) is 0.684. The van der Waals surface area contributed by atoms with Crippen LogP contribution in [0.4, 0.5) is 0 Å². The third kappa shape index (κ3) is 4.84. The Morgan fingerprint density at radius 1 is 1.19 bits per heavy atom. The summed E-state index contributed by atoms with van der Waals surface area (Å²) in [4.78, 5) is 2.66. The summed E-state index contributed by atoms with van der Waals surface area (Å²) in [5, 5.41) is 3.55. The van der Waals surface area contributed by atoms with Crippen LogP contribution >= 0.6 is 0 Å². The van der Waals surface area contributed by atoms with Crippen LogP contribution in [0, 0.1) is 11.8 Å². The Bertz CT molecular complexity index is 187. The Labute approximate surface area is 102 Å². The minimum atomic E-state index is 0.605. The third-order valence-electron chi connectivity index (χ3n) is 3.84. The number of nitrogens with zero attached hydrogens (tertiary/aromatic N) is 1. The first-order valence-corrected chi connectivity index (χ1v) is 7.02. The molecule has 1 aliphatic rings. The van der Waals surface area contributed by atoms with E-state index < -0.39 is 0 Å². The van der Waals surface area contributed by atoms with Gasteiger partial charge in [0.05, 0.1) is 0 Å². The first-order valence-electron chi connectivity index (χ1n) is 7.02. The highest BCUT2D eigenvalue weighted by Gasteiger charge is 2.27. The molecule has 2 nitrogen and oxygen atoms in total. The van der Waals surface area contributed by atoms with Crippen molar-refractivity contribution >= 4 is 0 Å². The Morgan fingerprint density at radius 3 is 2.25 bits per heavy atom. The van der Waals surface area contributed by atoms with E-state index in [-0.39, 0.29) is 0 Å². The predicted molar refractivity (Wildman–Crippen MR) is 71.7 cm³/mol. The van der Waals surface area contributed by atoms with E-state index in [0.717, 1.165) is 18.4 Å². The largest absolute Gasteiger partial charge is 0.314 e. The second-order valence-corrected chi connectivity index (χ2v) is 5.81. The zero-order valence-electron chi connectivity index (χ0n) is 11.8. The van der Waals surface area contributed by atoms with Crippen LogP contribution in [0.1, 0.15) is 47.5 Å². The molecule has 0 aromatic carbocycles. The van der Waals surface area contributed by atoms with Crippen LogP contribution in [0.2, 0.25) is 0 Å². The van der Waals surface area contributed by atoms with Crippen molar-refractivity contribution in [3.63, 3.8) is 0 Å². The maximum atomic E-state index is 3.55. The summed E-state index contributed by atoms with van der Waals surface area (Å²) < 4.78 is 0. The molecule has 0 spiro atoms. The fraction of sp³-hybridized carbons (Fsp3) is 1.00. The molecule has 0 amide bonds. The molecule has 1 N–H and O–H groups in total. The van der Waals surface area contributed by atoms with Crippen molar-refractivity contribution in [3.05, 3.63) is 0 Å². The molecule has 0 bridgehead atoms. The molecule has 1 fully saturated rings. The van der Waals surface area contributed by atoms with Crippen molar-refractivity contribution in [3.8, 4) is 0 Å². The summed E-state index contributed by atoms with van der Waals surface area (Å²) in [6.45, 7) is 15.2. The number of hydrogen-bond acceptors (Lipinski definition) is 2. The molecule has 2 unspecified atom stereocenters. The van der Waals surface area contributed by atoms with Gasteiger partial charge in [-0.2, -0.15) is 0 Å². The molecule has 1 aliphatic carbocycles. The molecule has 0 aromatic heterocycles. The first-order chi connectivity index (χ1) is 7.54. The lowest BCUT2D eigenvalue weighted by Gasteiger charge is -2.33. The van der Waals surface area contributed by atoms with Gasteiger partial charge in [0, 0.05) is 18.6 Å². The summed E-state index contributed by atoms with van der Waals surface area (Å²) >= 11 is 0. The van der Waals surface area contributed by atoms with Crippen molar-refractivity contribution in [2.45, 2.75) is 59.5 Å². The van der Waals surface area contributed by atoms with Crippen LogP contribution in [-0.2, 0) is 0 Å². The molecule has 2 atom stereocenters. The van der Waals surface area contributed by atoms with Crippen LogP contribution in [-0.4, -0.2) is 36.6 Å². The van der Waals surface area contributed by atoms with Gasteiger partial charge in [-0.1, -0.05) is 27.7 Å². The van der Waals surface area contributed by atoms with Crippen molar-refractivity contribution < 1.29 is 0 Å². The minimum absolute atomic E-state index is 0.605. The topological polar surface area (TPSA) is 15.3 Å². The molecule has 0 aliphatic heterocycles. The molecule has 0 radical (unpaired) electrons. The van der Waals surface area contributed by atoms with Gasteiger partial charge in [0.15, 0.2) is 0 Å². The zero-order chi connectivity index (χ0) is 12.1. The fourth-order valence-corrected chi connectivity index (χ4v) is 2.17. The van der Waals surface area contributed by atoms with Gasteiger partial charge in [-0.25, -0.2) is 0 Å². The van der Waals surface area contributed by atoms with E-state index in [4.69, 9.17) is 0 Å². The Balaban J connectivity index is 2.29. The molecule has 2 heteroatoms. The summed E-state index contributed by atoms with van der Waals surface area (Å²) in [7, 11) is 0. The molecule has 0 aromatic rings. The Kier molecular flexibility index (Phi) is 5.77. The fourth-order valence-electron chi connectivity index (χ4n) is 2.17. The van der Waals surface area contributed by atoms with Gasteiger partial charge in [-0.3, -0.25) is 0 Å². The minimum Gasteiger partial charge on any atom is -0.314 e. The number of rotatable bonds is 8. The van der Waals surface area contributed by atoms with Gasteiger partial charge in [-0.15, -0.1) is 0 Å². The van der Waals surface area contributed by atoms with Crippen LogP contribution < -0.4 is 5.32 Å². The second-order valence-electron chi connectivity index (χ2n) is 5.81. The molecule has 16 heavy (non-hydrogen) atoms. The first kappa shape index (κ1) is 14.0. The molecular formula is C14H30N2. The zero-order valence-corrected chi connectivity index (χ0v) is 11.8. The summed E-state index contributed by atoms with van der Waals surface area (Å²) in [5.41, 5.74) is 0. The van der Waals surface area contributed by atoms with E-state index in [1.807, 2.05) is 0 Å². The lowest BCUT2D eigenvalue weighted by molar-refractivity contribution is 0.159. The number of nitrogens with one attached hydrogen (secondary N) is 1. The highest BCUT2D eigenvalue weighted by atomic mass is 15.2. The molecule has 96 valence electrons. The maximum absolute atomic E-state index is 3.55. The molecule has 0 saturated heterocycles. The van der Waals surface area contributed by atoms with Gasteiger partial charge in [0.1, 0.15) is 0 Å². The van der Waals surface area contributed by atoms with Crippen molar-refractivity contribution in [1.82, 2.24) is 10.2 Å². The van der Waals surface area contributed by atoms with E-state index in [0.29, 0.717) is 12.1 Å². The van der Waals surface area contributed by atoms with Gasteiger partial charge < -0.3 is 10.2 Å². The van der Waals surface area contributed by atoms with Crippen LogP contribution in [0.5, 0.6) is 0 Å². The highest BCUT2D eigenvalue weighted by molar-refractivity contribution is 4.81. The van der Waals surface area contributed by atoms with Crippen LogP contribution in [0.15, 0.2) is 0 Å².